The molecule has 2 aromatic rings. The van der Waals surface area contributed by atoms with Gasteiger partial charge >= 0.3 is 0 Å². The molecule has 152 valence electrons. The SMILES string of the molecule is CCOc1cccc(C2C(C(=O)CC)=C(O)C(=O)N2c2cccc(OCC)c2)c1. The largest absolute Gasteiger partial charge is 0.503 e. The monoisotopic (exact) mass is 395 g/mol. The highest BCUT2D eigenvalue weighted by Gasteiger charge is 2.44. The van der Waals surface area contributed by atoms with Crippen molar-refractivity contribution in [2.24, 2.45) is 0 Å². The number of aliphatic hydroxyl groups excluding tert-OH is 1. The van der Waals surface area contributed by atoms with Gasteiger partial charge < -0.3 is 14.6 Å². The normalized spacial score (nSPS) is 16.3. The fourth-order valence-electron chi connectivity index (χ4n) is 3.49. The highest BCUT2D eigenvalue weighted by atomic mass is 16.5. The van der Waals surface area contributed by atoms with Crippen molar-refractivity contribution in [3.8, 4) is 11.5 Å². The first kappa shape index (κ1) is 20.5. The summed E-state index contributed by atoms with van der Waals surface area (Å²) in [6.45, 7) is 6.45. The van der Waals surface area contributed by atoms with Crippen LogP contribution in [0.3, 0.4) is 0 Å². The average Bonchev–Trinajstić information content (AvgIpc) is 2.99. The lowest BCUT2D eigenvalue weighted by molar-refractivity contribution is -0.118. The van der Waals surface area contributed by atoms with E-state index in [1.165, 1.54) is 4.90 Å². The minimum absolute atomic E-state index is 0.105. The number of carbonyl (C=O) groups is 2. The molecule has 1 heterocycles. The van der Waals surface area contributed by atoms with Crippen molar-refractivity contribution in [1.29, 1.82) is 0 Å². The van der Waals surface area contributed by atoms with Crippen LogP contribution in [0, 0.1) is 0 Å². The number of rotatable bonds is 8. The van der Waals surface area contributed by atoms with Crippen LogP contribution in [0.25, 0.3) is 0 Å². The Balaban J connectivity index is 2.14. The van der Waals surface area contributed by atoms with Crippen molar-refractivity contribution in [3.63, 3.8) is 0 Å². The Hall–Kier alpha value is -3.28. The Bertz CT molecular complexity index is 950. The molecule has 0 saturated carbocycles. The number of aliphatic hydroxyl groups is 1. The molecule has 0 fully saturated rings. The molecule has 6 nitrogen and oxygen atoms in total. The standard InChI is InChI=1S/C23H25NO5/c1-4-19(25)20-21(15-9-7-11-17(13-15)28-5-2)24(23(27)22(20)26)16-10-8-12-18(14-16)29-6-3/h7-14,21,26H,4-6H2,1-3H3. The van der Waals surface area contributed by atoms with Crippen LogP contribution >= 0.6 is 0 Å². The number of Topliss-reactive ketones (excluding diaryl/α,β-unsaturated/α-hetero) is 1. The summed E-state index contributed by atoms with van der Waals surface area (Å²) < 4.78 is 11.1. The predicted octanol–water partition coefficient (Wildman–Crippen LogP) is 4.36. The number of benzene rings is 2. The molecule has 1 unspecified atom stereocenters. The van der Waals surface area contributed by atoms with Crippen molar-refractivity contribution in [3.05, 3.63) is 65.4 Å². The van der Waals surface area contributed by atoms with Gasteiger partial charge in [0.05, 0.1) is 24.8 Å². The summed E-state index contributed by atoms with van der Waals surface area (Å²) in [4.78, 5) is 27.1. The summed E-state index contributed by atoms with van der Waals surface area (Å²) in [7, 11) is 0. The molecule has 0 radical (unpaired) electrons. The van der Waals surface area contributed by atoms with Crippen molar-refractivity contribution in [2.45, 2.75) is 33.2 Å². The first-order valence-electron chi connectivity index (χ1n) is 9.77. The fourth-order valence-corrected chi connectivity index (χ4v) is 3.49. The molecule has 0 aliphatic carbocycles. The third kappa shape index (κ3) is 3.97. The van der Waals surface area contributed by atoms with Gasteiger partial charge in [0.1, 0.15) is 11.5 Å². The molecule has 1 atom stereocenters. The van der Waals surface area contributed by atoms with E-state index in [0.717, 1.165) is 0 Å². The highest BCUT2D eigenvalue weighted by molar-refractivity contribution is 6.16. The van der Waals surface area contributed by atoms with E-state index >= 15 is 0 Å². The quantitative estimate of drug-likeness (QED) is 0.719. The summed E-state index contributed by atoms with van der Waals surface area (Å²) in [5, 5.41) is 10.6. The van der Waals surface area contributed by atoms with Gasteiger partial charge in [-0.2, -0.15) is 0 Å². The Morgan fingerprint density at radius 3 is 2.24 bits per heavy atom. The summed E-state index contributed by atoms with van der Waals surface area (Å²) in [5.41, 5.74) is 1.33. The van der Waals surface area contributed by atoms with Crippen LogP contribution in [0.5, 0.6) is 11.5 Å². The third-order valence-corrected chi connectivity index (χ3v) is 4.72. The van der Waals surface area contributed by atoms with Gasteiger partial charge in [0.15, 0.2) is 11.5 Å². The zero-order valence-electron chi connectivity index (χ0n) is 16.8. The van der Waals surface area contributed by atoms with E-state index in [4.69, 9.17) is 9.47 Å². The third-order valence-electron chi connectivity index (χ3n) is 4.72. The molecule has 1 aliphatic rings. The number of hydrogen-bond acceptors (Lipinski definition) is 5. The summed E-state index contributed by atoms with van der Waals surface area (Å²) in [6, 6.07) is 13.6. The zero-order valence-corrected chi connectivity index (χ0v) is 16.8. The maximum atomic E-state index is 13.0. The first-order valence-corrected chi connectivity index (χ1v) is 9.77. The fraction of sp³-hybridized carbons (Fsp3) is 0.304. The van der Waals surface area contributed by atoms with Crippen LogP contribution in [0.1, 0.15) is 38.8 Å². The topological polar surface area (TPSA) is 76.1 Å². The van der Waals surface area contributed by atoms with Gasteiger partial charge in [-0.15, -0.1) is 0 Å². The lowest BCUT2D eigenvalue weighted by atomic mass is 9.94. The highest BCUT2D eigenvalue weighted by Crippen LogP contribution is 2.42. The molecule has 0 spiro atoms. The second-order valence-electron chi connectivity index (χ2n) is 6.55. The second kappa shape index (κ2) is 8.82. The zero-order chi connectivity index (χ0) is 21.0. The second-order valence-corrected chi connectivity index (χ2v) is 6.55. The van der Waals surface area contributed by atoms with Crippen LogP contribution < -0.4 is 14.4 Å². The van der Waals surface area contributed by atoms with Gasteiger partial charge in [0, 0.05) is 18.2 Å². The number of amides is 1. The number of carbonyl (C=O) groups excluding carboxylic acids is 2. The molecule has 2 aromatic carbocycles. The molecule has 3 rings (SSSR count). The molecular weight excluding hydrogens is 370 g/mol. The van der Waals surface area contributed by atoms with Gasteiger partial charge in [0.25, 0.3) is 5.91 Å². The minimum Gasteiger partial charge on any atom is -0.503 e. The van der Waals surface area contributed by atoms with Crippen LogP contribution in [-0.4, -0.2) is 30.0 Å². The lowest BCUT2D eigenvalue weighted by Gasteiger charge is -2.27. The Labute approximate surface area is 170 Å². The van der Waals surface area contributed by atoms with Crippen LogP contribution in [0.15, 0.2) is 59.9 Å². The van der Waals surface area contributed by atoms with Crippen molar-refractivity contribution < 1.29 is 24.2 Å². The van der Waals surface area contributed by atoms with Gasteiger partial charge in [-0.25, -0.2) is 0 Å². The minimum atomic E-state index is -0.743. The molecule has 0 bridgehead atoms. The van der Waals surface area contributed by atoms with E-state index in [2.05, 4.69) is 0 Å². The van der Waals surface area contributed by atoms with E-state index in [0.29, 0.717) is 36.0 Å². The number of ketones is 1. The summed E-state index contributed by atoms with van der Waals surface area (Å²) >= 11 is 0. The van der Waals surface area contributed by atoms with Crippen LogP contribution in [0.2, 0.25) is 0 Å². The van der Waals surface area contributed by atoms with Gasteiger partial charge in [-0.3, -0.25) is 14.5 Å². The molecule has 1 amide bonds. The van der Waals surface area contributed by atoms with E-state index in [9.17, 15) is 14.7 Å². The van der Waals surface area contributed by atoms with Gasteiger partial charge in [-0.1, -0.05) is 25.1 Å². The van der Waals surface area contributed by atoms with Crippen molar-refractivity contribution in [1.82, 2.24) is 0 Å². The van der Waals surface area contributed by atoms with Crippen LogP contribution in [-0.2, 0) is 9.59 Å². The first-order chi connectivity index (χ1) is 14.0. The molecule has 1 aliphatic heterocycles. The maximum Gasteiger partial charge on any atom is 0.294 e. The smallest absolute Gasteiger partial charge is 0.294 e. The van der Waals surface area contributed by atoms with Crippen molar-refractivity contribution >= 4 is 17.4 Å². The predicted molar refractivity (Wildman–Crippen MR) is 110 cm³/mol. The van der Waals surface area contributed by atoms with Crippen molar-refractivity contribution in [2.75, 3.05) is 18.1 Å². The Morgan fingerprint density at radius 1 is 1.00 bits per heavy atom. The number of ether oxygens (including phenoxy) is 2. The molecule has 6 heteroatoms. The maximum absolute atomic E-state index is 13.0. The Morgan fingerprint density at radius 2 is 1.62 bits per heavy atom. The molecule has 1 N–H and O–H groups in total. The van der Waals surface area contributed by atoms with Gasteiger partial charge in [-0.05, 0) is 43.7 Å². The van der Waals surface area contributed by atoms with E-state index in [-0.39, 0.29) is 17.8 Å². The Kier molecular flexibility index (Phi) is 6.22. The van der Waals surface area contributed by atoms with E-state index < -0.39 is 17.7 Å². The molecule has 0 aromatic heterocycles. The van der Waals surface area contributed by atoms with E-state index in [1.807, 2.05) is 32.0 Å². The van der Waals surface area contributed by atoms with Crippen LogP contribution in [0.4, 0.5) is 5.69 Å². The summed E-state index contributed by atoms with van der Waals surface area (Å²) in [5.74, 6) is -0.150. The average molecular weight is 395 g/mol. The molecule has 29 heavy (non-hydrogen) atoms. The lowest BCUT2D eigenvalue weighted by Crippen LogP contribution is -2.31. The molecular formula is C23H25NO5. The number of nitrogens with zero attached hydrogens (tertiary/aromatic N) is 1. The number of hydrogen-bond donors (Lipinski definition) is 1. The molecule has 0 saturated heterocycles. The van der Waals surface area contributed by atoms with E-state index in [1.54, 1.807) is 37.3 Å². The number of anilines is 1. The summed E-state index contributed by atoms with van der Waals surface area (Å²) in [6.07, 6.45) is 0.182. The van der Waals surface area contributed by atoms with Gasteiger partial charge in [0.2, 0.25) is 0 Å².